The molecule has 0 fully saturated rings. The Kier molecular flexibility index (Phi) is 7.46. The quantitative estimate of drug-likeness (QED) is 0.263. The maximum atomic E-state index is 12.2. The van der Waals surface area contributed by atoms with Gasteiger partial charge in [-0.25, -0.2) is 0 Å². The standard InChI is InChI=1S/C24H19IN2O3/c1-29-22-14-17(12-19(15-26)18-8-4-2-5-9-18)13-21(25)24(22)30-16-23(28)27-20-10-6-3-7-11-20/h2-14H,16H2,1H3,(H,27,28)/b19-12+. The van der Waals surface area contributed by atoms with Crippen LogP contribution in [0.4, 0.5) is 5.69 Å². The number of halogens is 1. The van der Waals surface area contributed by atoms with E-state index < -0.39 is 0 Å². The number of hydrogen-bond donors (Lipinski definition) is 1. The van der Waals surface area contributed by atoms with Crippen LogP contribution in [-0.2, 0) is 4.79 Å². The summed E-state index contributed by atoms with van der Waals surface area (Å²) in [5.74, 6) is 0.710. The number of nitriles is 1. The molecule has 30 heavy (non-hydrogen) atoms. The summed E-state index contributed by atoms with van der Waals surface area (Å²) in [6.45, 7) is -0.149. The lowest BCUT2D eigenvalue weighted by atomic mass is 10.0. The van der Waals surface area contributed by atoms with Gasteiger partial charge in [0.15, 0.2) is 18.1 Å². The van der Waals surface area contributed by atoms with Crippen molar-refractivity contribution in [3.63, 3.8) is 0 Å². The smallest absolute Gasteiger partial charge is 0.262 e. The summed E-state index contributed by atoms with van der Waals surface area (Å²) in [5, 5.41) is 12.3. The van der Waals surface area contributed by atoms with Crippen LogP contribution in [0.3, 0.4) is 0 Å². The molecule has 1 N–H and O–H groups in total. The fraction of sp³-hybridized carbons (Fsp3) is 0.0833. The van der Waals surface area contributed by atoms with Crippen molar-refractivity contribution in [3.05, 3.63) is 87.5 Å². The van der Waals surface area contributed by atoms with Gasteiger partial charge in [-0.3, -0.25) is 4.79 Å². The summed E-state index contributed by atoms with van der Waals surface area (Å²) in [7, 11) is 1.54. The van der Waals surface area contributed by atoms with Crippen molar-refractivity contribution in [1.29, 1.82) is 5.26 Å². The van der Waals surface area contributed by atoms with Gasteiger partial charge in [0.05, 0.1) is 22.3 Å². The van der Waals surface area contributed by atoms with Gasteiger partial charge in [0.1, 0.15) is 0 Å². The number of anilines is 1. The van der Waals surface area contributed by atoms with Gasteiger partial charge in [-0.2, -0.15) is 5.26 Å². The minimum atomic E-state index is -0.265. The Morgan fingerprint density at radius 2 is 1.77 bits per heavy atom. The zero-order chi connectivity index (χ0) is 21.3. The van der Waals surface area contributed by atoms with Crippen molar-refractivity contribution < 1.29 is 14.3 Å². The minimum absolute atomic E-state index is 0.149. The van der Waals surface area contributed by atoms with Gasteiger partial charge in [0.25, 0.3) is 5.91 Å². The number of benzene rings is 3. The summed E-state index contributed by atoms with van der Waals surface area (Å²) < 4.78 is 12.0. The Bertz CT molecular complexity index is 1090. The van der Waals surface area contributed by atoms with E-state index in [9.17, 15) is 10.1 Å². The third-order valence-corrected chi connectivity index (χ3v) is 4.97. The first-order valence-corrected chi connectivity index (χ1v) is 10.2. The van der Waals surface area contributed by atoms with Crippen LogP contribution in [0, 0.1) is 14.9 Å². The highest BCUT2D eigenvalue weighted by Crippen LogP contribution is 2.35. The molecule has 3 aromatic carbocycles. The van der Waals surface area contributed by atoms with E-state index in [1.165, 1.54) is 7.11 Å². The molecule has 0 aromatic heterocycles. The average molecular weight is 510 g/mol. The summed E-state index contributed by atoms with van der Waals surface area (Å²) in [4.78, 5) is 12.2. The highest BCUT2D eigenvalue weighted by atomic mass is 127. The largest absolute Gasteiger partial charge is 0.493 e. The van der Waals surface area contributed by atoms with Gasteiger partial charge in [0.2, 0.25) is 0 Å². The number of ether oxygens (including phenoxy) is 2. The third kappa shape index (κ3) is 5.61. The van der Waals surface area contributed by atoms with Gasteiger partial charge in [0, 0.05) is 5.69 Å². The Morgan fingerprint density at radius 3 is 2.40 bits per heavy atom. The molecular weight excluding hydrogens is 491 g/mol. The van der Waals surface area contributed by atoms with Crippen LogP contribution < -0.4 is 14.8 Å². The average Bonchev–Trinajstić information content (AvgIpc) is 2.77. The van der Waals surface area contributed by atoms with Crippen molar-refractivity contribution in [2.75, 3.05) is 19.0 Å². The molecule has 0 radical (unpaired) electrons. The predicted molar refractivity (Wildman–Crippen MR) is 126 cm³/mol. The molecule has 3 rings (SSSR count). The molecule has 0 saturated heterocycles. The second-order valence-corrected chi connectivity index (χ2v) is 7.44. The molecule has 0 heterocycles. The second kappa shape index (κ2) is 10.5. The van der Waals surface area contributed by atoms with Crippen molar-refractivity contribution in [3.8, 4) is 17.6 Å². The summed E-state index contributed by atoms with van der Waals surface area (Å²) in [5.41, 5.74) is 2.90. The van der Waals surface area contributed by atoms with E-state index in [0.29, 0.717) is 22.8 Å². The van der Waals surface area contributed by atoms with Gasteiger partial charge in [-0.1, -0.05) is 48.5 Å². The fourth-order valence-corrected chi connectivity index (χ4v) is 3.57. The summed E-state index contributed by atoms with van der Waals surface area (Å²) in [6, 6.07) is 24.6. The molecule has 5 nitrogen and oxygen atoms in total. The van der Waals surface area contributed by atoms with Crippen molar-refractivity contribution >= 4 is 45.8 Å². The van der Waals surface area contributed by atoms with Crippen molar-refractivity contribution in [2.45, 2.75) is 0 Å². The number of nitrogens with zero attached hydrogens (tertiary/aromatic N) is 1. The van der Waals surface area contributed by atoms with E-state index in [1.807, 2.05) is 66.7 Å². The van der Waals surface area contributed by atoms with E-state index >= 15 is 0 Å². The summed E-state index contributed by atoms with van der Waals surface area (Å²) in [6.07, 6.45) is 1.80. The number of carbonyl (C=O) groups is 1. The number of rotatable bonds is 7. The lowest BCUT2D eigenvalue weighted by Gasteiger charge is -2.14. The molecule has 0 spiro atoms. The Hall–Kier alpha value is -3.31. The lowest BCUT2D eigenvalue weighted by Crippen LogP contribution is -2.20. The maximum Gasteiger partial charge on any atom is 0.262 e. The molecule has 0 atom stereocenters. The van der Waals surface area contributed by atoms with E-state index in [0.717, 1.165) is 14.7 Å². The first-order valence-electron chi connectivity index (χ1n) is 9.13. The van der Waals surface area contributed by atoms with E-state index in [-0.39, 0.29) is 12.5 Å². The number of nitrogens with one attached hydrogen (secondary N) is 1. The zero-order valence-corrected chi connectivity index (χ0v) is 18.4. The Morgan fingerprint density at radius 1 is 1.10 bits per heavy atom. The highest BCUT2D eigenvalue weighted by molar-refractivity contribution is 14.1. The van der Waals surface area contributed by atoms with Crippen LogP contribution >= 0.6 is 22.6 Å². The molecule has 0 aliphatic heterocycles. The van der Waals surface area contributed by atoms with Crippen LogP contribution in [0.15, 0.2) is 72.8 Å². The van der Waals surface area contributed by atoms with Crippen molar-refractivity contribution in [2.24, 2.45) is 0 Å². The zero-order valence-electron chi connectivity index (χ0n) is 16.3. The highest BCUT2D eigenvalue weighted by Gasteiger charge is 2.14. The maximum absolute atomic E-state index is 12.2. The van der Waals surface area contributed by atoms with E-state index in [4.69, 9.17) is 9.47 Å². The first kappa shape index (κ1) is 21.4. The minimum Gasteiger partial charge on any atom is -0.493 e. The molecule has 3 aromatic rings. The van der Waals surface area contributed by atoms with Gasteiger partial charge < -0.3 is 14.8 Å². The molecule has 0 bridgehead atoms. The molecule has 0 aliphatic rings. The molecule has 0 saturated carbocycles. The van der Waals surface area contributed by atoms with Crippen LogP contribution in [0.2, 0.25) is 0 Å². The molecule has 6 heteroatoms. The van der Waals surface area contributed by atoms with Gasteiger partial charge >= 0.3 is 0 Å². The molecule has 0 aliphatic carbocycles. The molecule has 1 amide bonds. The van der Waals surface area contributed by atoms with Crippen LogP contribution in [0.1, 0.15) is 11.1 Å². The first-order chi connectivity index (χ1) is 14.6. The second-order valence-electron chi connectivity index (χ2n) is 6.27. The number of amides is 1. The molecule has 0 unspecified atom stereocenters. The lowest BCUT2D eigenvalue weighted by molar-refractivity contribution is -0.118. The number of methoxy groups -OCH3 is 1. The van der Waals surface area contributed by atoms with Crippen molar-refractivity contribution in [1.82, 2.24) is 0 Å². The molecule has 150 valence electrons. The van der Waals surface area contributed by atoms with E-state index in [2.05, 4.69) is 34.0 Å². The number of allylic oxidation sites excluding steroid dienone is 1. The van der Waals surface area contributed by atoms with Gasteiger partial charge in [-0.15, -0.1) is 0 Å². The third-order valence-electron chi connectivity index (χ3n) is 4.17. The fourth-order valence-electron chi connectivity index (χ4n) is 2.78. The topological polar surface area (TPSA) is 71.3 Å². The van der Waals surface area contributed by atoms with Crippen LogP contribution in [-0.4, -0.2) is 19.6 Å². The monoisotopic (exact) mass is 510 g/mol. The number of para-hydroxylation sites is 1. The summed E-state index contributed by atoms with van der Waals surface area (Å²) >= 11 is 2.13. The Balaban J connectivity index is 1.78. The van der Waals surface area contributed by atoms with Crippen LogP contribution in [0.5, 0.6) is 11.5 Å². The number of hydrogen-bond acceptors (Lipinski definition) is 4. The molecular formula is C24H19IN2O3. The van der Waals surface area contributed by atoms with Crippen LogP contribution in [0.25, 0.3) is 11.6 Å². The number of carbonyl (C=O) groups excluding carboxylic acids is 1. The Labute approximate surface area is 189 Å². The van der Waals surface area contributed by atoms with E-state index in [1.54, 1.807) is 12.1 Å². The van der Waals surface area contributed by atoms with Gasteiger partial charge in [-0.05, 0) is 64.1 Å². The SMILES string of the molecule is COc1cc(/C=C(\C#N)c2ccccc2)cc(I)c1OCC(=O)Nc1ccccc1. The predicted octanol–water partition coefficient (Wildman–Crippen LogP) is 5.38. The normalized spacial score (nSPS) is 10.8.